The number of anilines is 1. The normalized spacial score (nSPS) is 14.4. The van der Waals surface area contributed by atoms with Crippen LogP contribution in [0.4, 0.5) is 10.5 Å². The number of aromatic carboxylic acids is 1. The predicted molar refractivity (Wildman–Crippen MR) is 135 cm³/mol. The van der Waals surface area contributed by atoms with Crippen molar-refractivity contribution in [3.05, 3.63) is 76.4 Å². The smallest absolute Gasteiger partial charge is 0.335 e. The number of hydrogen-bond acceptors (Lipinski definition) is 7. The average Bonchev–Trinajstić information content (AvgIpc) is 3.40. The van der Waals surface area contributed by atoms with Crippen LogP contribution < -0.4 is 10.1 Å². The molecule has 0 aliphatic carbocycles. The van der Waals surface area contributed by atoms with Gasteiger partial charge in [-0.15, -0.1) is 0 Å². The molecule has 0 spiro atoms. The Morgan fingerprint density at radius 2 is 1.86 bits per heavy atom. The number of rotatable bonds is 8. The van der Waals surface area contributed by atoms with E-state index in [1.165, 1.54) is 12.1 Å². The van der Waals surface area contributed by atoms with Crippen molar-refractivity contribution in [3.8, 4) is 17.1 Å². The molecule has 3 amide bonds. The second-order valence-corrected chi connectivity index (χ2v) is 8.75. The molecule has 1 fully saturated rings. The molecule has 1 saturated heterocycles. The van der Waals surface area contributed by atoms with Crippen LogP contribution in [0.25, 0.3) is 17.4 Å². The lowest BCUT2D eigenvalue weighted by molar-refractivity contribution is -0.127. The van der Waals surface area contributed by atoms with Crippen LogP contribution in [0.15, 0.2) is 63.9 Å². The molecule has 0 saturated carbocycles. The Balaban J connectivity index is 1.44. The van der Waals surface area contributed by atoms with Crippen LogP contribution in [-0.2, 0) is 9.59 Å². The molecule has 4 rings (SSSR count). The first-order valence-corrected chi connectivity index (χ1v) is 11.8. The van der Waals surface area contributed by atoms with Crippen molar-refractivity contribution in [1.82, 2.24) is 4.90 Å². The van der Waals surface area contributed by atoms with Gasteiger partial charge in [-0.3, -0.25) is 19.3 Å². The first kappa shape index (κ1) is 24.8. The quantitative estimate of drug-likeness (QED) is 0.408. The highest BCUT2D eigenvalue weighted by atomic mass is 32.2. The van der Waals surface area contributed by atoms with Gasteiger partial charge in [0.25, 0.3) is 11.1 Å². The van der Waals surface area contributed by atoms with E-state index in [1.807, 2.05) is 6.92 Å². The van der Waals surface area contributed by atoms with Crippen LogP contribution in [0.5, 0.6) is 5.75 Å². The van der Waals surface area contributed by atoms with Gasteiger partial charge in [0.2, 0.25) is 5.91 Å². The molecule has 2 N–H and O–H groups in total. The van der Waals surface area contributed by atoms with Crippen LogP contribution in [0, 0.1) is 6.92 Å². The van der Waals surface area contributed by atoms with E-state index in [1.54, 1.807) is 55.5 Å². The molecule has 2 aromatic carbocycles. The third-order valence-corrected chi connectivity index (χ3v) is 6.26. The molecule has 184 valence electrons. The summed E-state index contributed by atoms with van der Waals surface area (Å²) in [6, 6.07) is 14.9. The van der Waals surface area contributed by atoms with E-state index >= 15 is 0 Å². The Morgan fingerprint density at radius 1 is 1.11 bits per heavy atom. The topological polar surface area (TPSA) is 126 Å². The Kier molecular flexibility index (Phi) is 7.25. The molecule has 9 nitrogen and oxygen atoms in total. The number of ether oxygens (including phenoxy) is 1. The number of carboxylic acids is 1. The van der Waals surface area contributed by atoms with Gasteiger partial charge in [-0.2, -0.15) is 0 Å². The van der Waals surface area contributed by atoms with Crippen molar-refractivity contribution in [2.75, 3.05) is 18.5 Å². The van der Waals surface area contributed by atoms with Gasteiger partial charge in [0, 0.05) is 17.3 Å². The number of furan rings is 1. The van der Waals surface area contributed by atoms with Gasteiger partial charge in [-0.25, -0.2) is 4.79 Å². The van der Waals surface area contributed by atoms with Gasteiger partial charge >= 0.3 is 5.97 Å². The van der Waals surface area contributed by atoms with Crippen LogP contribution >= 0.6 is 11.8 Å². The highest BCUT2D eigenvalue weighted by Crippen LogP contribution is 2.34. The minimum absolute atomic E-state index is 0.116. The summed E-state index contributed by atoms with van der Waals surface area (Å²) in [4.78, 5) is 50.0. The summed E-state index contributed by atoms with van der Waals surface area (Å²) < 4.78 is 11.2. The molecule has 0 atom stereocenters. The lowest BCUT2D eigenvalue weighted by Gasteiger charge is -2.12. The third-order valence-electron chi connectivity index (χ3n) is 5.35. The summed E-state index contributed by atoms with van der Waals surface area (Å²) in [6.45, 7) is 3.64. The van der Waals surface area contributed by atoms with Gasteiger partial charge in [0.1, 0.15) is 23.8 Å². The van der Waals surface area contributed by atoms with Crippen molar-refractivity contribution >= 4 is 46.5 Å². The molecular weight excluding hydrogens is 484 g/mol. The minimum atomic E-state index is -1.04. The maximum atomic E-state index is 12.8. The zero-order valence-corrected chi connectivity index (χ0v) is 20.3. The summed E-state index contributed by atoms with van der Waals surface area (Å²) >= 11 is 0.711. The summed E-state index contributed by atoms with van der Waals surface area (Å²) in [7, 11) is 0. The van der Waals surface area contributed by atoms with Crippen molar-refractivity contribution in [3.63, 3.8) is 0 Å². The fourth-order valence-electron chi connectivity index (χ4n) is 3.62. The molecule has 3 aromatic rings. The van der Waals surface area contributed by atoms with Gasteiger partial charge < -0.3 is 19.6 Å². The first-order chi connectivity index (χ1) is 17.3. The van der Waals surface area contributed by atoms with Crippen LogP contribution in [-0.4, -0.2) is 46.2 Å². The molecule has 0 bridgehead atoms. The minimum Gasteiger partial charge on any atom is -0.494 e. The number of thioether (sulfide) groups is 1. The van der Waals surface area contributed by atoms with Crippen LogP contribution in [0.2, 0.25) is 0 Å². The second-order valence-electron chi connectivity index (χ2n) is 7.76. The fraction of sp³-hybridized carbons (Fsp3) is 0.154. The number of carbonyl (C=O) groups is 4. The molecule has 10 heteroatoms. The van der Waals surface area contributed by atoms with Crippen molar-refractivity contribution in [1.29, 1.82) is 0 Å². The fourth-order valence-corrected chi connectivity index (χ4v) is 4.44. The SMILES string of the molecule is CCOc1ccc(NC(=O)CN2C(=O)SC(=Cc3ccc(-c4cccc(C(=O)O)c4C)o3)C2=O)cc1. The van der Waals surface area contributed by atoms with Crippen LogP contribution in [0.1, 0.15) is 28.6 Å². The van der Waals surface area contributed by atoms with Gasteiger partial charge in [-0.1, -0.05) is 12.1 Å². The standard InChI is InChI=1S/C26H22N2O7S/c1-3-34-17-9-7-16(8-10-17)27-23(29)14-28-24(30)22(36-26(28)33)13-18-11-12-21(35-18)19-5-4-6-20(15(19)2)25(31)32/h4-13H,3,14H2,1-2H3,(H,27,29)(H,31,32). The summed E-state index contributed by atoms with van der Waals surface area (Å²) in [5.41, 5.74) is 1.82. The number of imide groups is 1. The van der Waals surface area contributed by atoms with E-state index in [9.17, 15) is 24.3 Å². The average molecular weight is 507 g/mol. The highest BCUT2D eigenvalue weighted by Gasteiger charge is 2.36. The summed E-state index contributed by atoms with van der Waals surface area (Å²) in [5.74, 6) is -0.755. The molecule has 2 heterocycles. The number of carbonyl (C=O) groups excluding carboxylic acids is 3. The number of nitrogens with one attached hydrogen (secondary N) is 1. The maximum Gasteiger partial charge on any atom is 0.335 e. The second kappa shape index (κ2) is 10.5. The molecule has 36 heavy (non-hydrogen) atoms. The molecule has 0 unspecified atom stereocenters. The first-order valence-electron chi connectivity index (χ1n) is 11.0. The largest absolute Gasteiger partial charge is 0.494 e. The Bertz CT molecular complexity index is 1380. The van der Waals surface area contributed by atoms with Crippen molar-refractivity contribution < 1.29 is 33.4 Å². The molecule has 1 aromatic heterocycles. The lowest BCUT2D eigenvalue weighted by Crippen LogP contribution is -2.36. The van der Waals surface area contributed by atoms with E-state index in [4.69, 9.17) is 9.15 Å². The molecular formula is C26H22N2O7S. The number of amides is 3. The lowest BCUT2D eigenvalue weighted by atomic mass is 10.0. The monoisotopic (exact) mass is 506 g/mol. The summed E-state index contributed by atoms with van der Waals surface area (Å²) in [6.07, 6.45) is 1.43. The Labute approximate surface area is 210 Å². The van der Waals surface area contributed by atoms with E-state index in [2.05, 4.69) is 5.32 Å². The number of benzene rings is 2. The van der Waals surface area contributed by atoms with E-state index in [0.717, 1.165) is 4.90 Å². The zero-order valence-electron chi connectivity index (χ0n) is 19.4. The van der Waals surface area contributed by atoms with Crippen molar-refractivity contribution in [2.24, 2.45) is 0 Å². The molecule has 0 radical (unpaired) electrons. The van der Waals surface area contributed by atoms with E-state index in [-0.39, 0.29) is 10.5 Å². The van der Waals surface area contributed by atoms with Crippen LogP contribution in [0.3, 0.4) is 0 Å². The van der Waals surface area contributed by atoms with E-state index < -0.39 is 29.6 Å². The van der Waals surface area contributed by atoms with Gasteiger partial charge in [0.15, 0.2) is 0 Å². The van der Waals surface area contributed by atoms with Crippen molar-refractivity contribution in [2.45, 2.75) is 13.8 Å². The maximum absolute atomic E-state index is 12.8. The van der Waals surface area contributed by atoms with Gasteiger partial charge in [0.05, 0.1) is 17.1 Å². The predicted octanol–water partition coefficient (Wildman–Crippen LogP) is 5.03. The summed E-state index contributed by atoms with van der Waals surface area (Å²) in [5, 5.41) is 11.4. The van der Waals surface area contributed by atoms with E-state index in [0.29, 0.717) is 52.5 Å². The highest BCUT2D eigenvalue weighted by molar-refractivity contribution is 8.18. The number of nitrogens with zero attached hydrogens (tertiary/aromatic N) is 1. The molecule has 1 aliphatic heterocycles. The molecule has 1 aliphatic rings. The number of hydrogen-bond donors (Lipinski definition) is 2. The Hall–Kier alpha value is -4.31. The number of carboxylic acid groups (broad SMARTS) is 1. The third kappa shape index (κ3) is 5.33. The zero-order chi connectivity index (χ0) is 25.8. The Morgan fingerprint density at radius 3 is 2.56 bits per heavy atom. The van der Waals surface area contributed by atoms with Gasteiger partial charge in [-0.05, 0) is 73.6 Å².